The molecular formula is C15H15N5. The molecule has 1 atom stereocenters. The van der Waals surface area contributed by atoms with Crippen LogP contribution >= 0.6 is 0 Å². The summed E-state index contributed by atoms with van der Waals surface area (Å²) in [7, 11) is 0. The third kappa shape index (κ3) is 1.78. The van der Waals surface area contributed by atoms with Crippen molar-refractivity contribution in [1.29, 1.82) is 0 Å². The Morgan fingerprint density at radius 2 is 2.05 bits per heavy atom. The van der Waals surface area contributed by atoms with E-state index in [0.29, 0.717) is 0 Å². The van der Waals surface area contributed by atoms with Gasteiger partial charge in [0, 0.05) is 12.4 Å². The molecule has 1 unspecified atom stereocenters. The molecule has 100 valence electrons. The van der Waals surface area contributed by atoms with E-state index in [1.54, 1.807) is 6.20 Å². The zero-order chi connectivity index (χ0) is 13.4. The topological polar surface area (TPSA) is 55.6 Å². The van der Waals surface area contributed by atoms with Gasteiger partial charge in [-0.15, -0.1) is 0 Å². The minimum Gasteiger partial charge on any atom is -0.297 e. The van der Waals surface area contributed by atoms with Gasteiger partial charge >= 0.3 is 0 Å². The van der Waals surface area contributed by atoms with Gasteiger partial charge in [-0.05, 0) is 43.7 Å². The summed E-state index contributed by atoms with van der Waals surface area (Å²) in [6.45, 7) is 1.04. The van der Waals surface area contributed by atoms with Gasteiger partial charge in [-0.2, -0.15) is 0 Å². The molecule has 1 N–H and O–H groups in total. The van der Waals surface area contributed by atoms with E-state index >= 15 is 0 Å². The average molecular weight is 265 g/mol. The molecule has 5 heteroatoms. The molecule has 0 aromatic carbocycles. The van der Waals surface area contributed by atoms with Crippen LogP contribution in [0.3, 0.4) is 0 Å². The van der Waals surface area contributed by atoms with E-state index < -0.39 is 0 Å². The number of aromatic nitrogens is 4. The van der Waals surface area contributed by atoms with E-state index in [1.807, 2.05) is 36.5 Å². The highest BCUT2D eigenvalue weighted by Gasteiger charge is 2.23. The molecule has 0 bridgehead atoms. The van der Waals surface area contributed by atoms with Crippen molar-refractivity contribution in [2.45, 2.75) is 19.0 Å². The quantitative estimate of drug-likeness (QED) is 0.773. The first kappa shape index (κ1) is 11.5. The lowest BCUT2D eigenvalue weighted by atomic mass is 10.3. The van der Waals surface area contributed by atoms with Crippen molar-refractivity contribution in [1.82, 2.24) is 24.8 Å². The van der Waals surface area contributed by atoms with Crippen LogP contribution in [0.2, 0.25) is 0 Å². The Labute approximate surface area is 116 Å². The Morgan fingerprint density at radius 3 is 2.85 bits per heavy atom. The number of hydrogen-bond donors (Lipinski definition) is 1. The highest BCUT2D eigenvalue weighted by Crippen LogP contribution is 2.28. The van der Waals surface area contributed by atoms with Crippen molar-refractivity contribution >= 4 is 11.2 Å². The summed E-state index contributed by atoms with van der Waals surface area (Å²) in [4.78, 5) is 13.7. The molecule has 4 rings (SSSR count). The van der Waals surface area contributed by atoms with E-state index in [-0.39, 0.29) is 6.17 Å². The molecule has 0 saturated carbocycles. The molecular weight excluding hydrogens is 250 g/mol. The summed E-state index contributed by atoms with van der Waals surface area (Å²) in [5.41, 5.74) is 2.73. The zero-order valence-corrected chi connectivity index (χ0v) is 11.0. The van der Waals surface area contributed by atoms with Crippen LogP contribution < -0.4 is 5.32 Å². The molecule has 0 aliphatic carbocycles. The molecule has 3 aromatic rings. The normalized spacial score (nSPS) is 18.7. The number of nitrogens with zero attached hydrogens (tertiary/aromatic N) is 4. The second-order valence-electron chi connectivity index (χ2n) is 4.98. The molecule has 20 heavy (non-hydrogen) atoms. The van der Waals surface area contributed by atoms with E-state index in [4.69, 9.17) is 4.98 Å². The van der Waals surface area contributed by atoms with E-state index in [2.05, 4.69) is 19.9 Å². The maximum Gasteiger partial charge on any atom is 0.162 e. The lowest BCUT2D eigenvalue weighted by Crippen LogP contribution is -2.21. The third-order valence-electron chi connectivity index (χ3n) is 3.69. The maximum absolute atomic E-state index is 4.73. The predicted molar refractivity (Wildman–Crippen MR) is 77.0 cm³/mol. The monoisotopic (exact) mass is 265 g/mol. The maximum atomic E-state index is 4.73. The third-order valence-corrected chi connectivity index (χ3v) is 3.69. The summed E-state index contributed by atoms with van der Waals surface area (Å²) >= 11 is 0. The highest BCUT2D eigenvalue weighted by atomic mass is 15.3. The minimum absolute atomic E-state index is 0.256. The van der Waals surface area contributed by atoms with Crippen molar-refractivity contribution in [2.24, 2.45) is 0 Å². The fourth-order valence-corrected chi connectivity index (χ4v) is 2.79. The predicted octanol–water partition coefficient (Wildman–Crippen LogP) is 2.38. The summed E-state index contributed by atoms with van der Waals surface area (Å²) in [5.74, 6) is 0.888. The van der Waals surface area contributed by atoms with Gasteiger partial charge in [0.25, 0.3) is 0 Å². The van der Waals surface area contributed by atoms with Gasteiger partial charge in [-0.3, -0.25) is 14.9 Å². The molecule has 0 radical (unpaired) electrons. The van der Waals surface area contributed by atoms with Crippen LogP contribution in [0.25, 0.3) is 22.7 Å². The van der Waals surface area contributed by atoms with Gasteiger partial charge in [0.2, 0.25) is 0 Å². The van der Waals surface area contributed by atoms with Crippen LogP contribution in [0, 0.1) is 0 Å². The van der Waals surface area contributed by atoms with Crippen LogP contribution in [0.4, 0.5) is 0 Å². The smallest absolute Gasteiger partial charge is 0.162 e. The summed E-state index contributed by atoms with van der Waals surface area (Å²) in [5, 5.41) is 3.52. The SMILES string of the molecule is c1ccc(-c2nc3cccnc3n2C2CCCN2)nc1. The molecule has 0 amide bonds. The number of fused-ring (bicyclic) bond motifs is 1. The number of nitrogens with one attached hydrogen (secondary N) is 1. The first-order chi connectivity index (χ1) is 9.93. The Morgan fingerprint density at radius 1 is 1.10 bits per heavy atom. The van der Waals surface area contributed by atoms with Gasteiger partial charge in [0.1, 0.15) is 11.2 Å². The van der Waals surface area contributed by atoms with Gasteiger partial charge in [-0.25, -0.2) is 9.97 Å². The molecule has 1 saturated heterocycles. The Bertz CT molecular complexity index is 728. The standard InChI is InChI=1S/C15H15N5/c1-2-8-16-11(5-1)15-19-12-6-3-10-18-14(12)20(15)13-7-4-9-17-13/h1-3,5-6,8,10,13,17H,4,7,9H2. The van der Waals surface area contributed by atoms with Crippen LogP contribution in [-0.2, 0) is 0 Å². The molecule has 5 nitrogen and oxygen atoms in total. The highest BCUT2D eigenvalue weighted by molar-refractivity contribution is 5.76. The first-order valence-corrected chi connectivity index (χ1v) is 6.91. The second kappa shape index (κ2) is 4.68. The number of imidazole rings is 1. The van der Waals surface area contributed by atoms with Crippen molar-refractivity contribution in [3.8, 4) is 11.5 Å². The molecule has 0 spiro atoms. The van der Waals surface area contributed by atoms with Gasteiger partial charge in [0.05, 0.1) is 6.17 Å². The van der Waals surface area contributed by atoms with E-state index in [1.165, 1.54) is 6.42 Å². The minimum atomic E-state index is 0.256. The Kier molecular flexibility index (Phi) is 2.70. The molecule has 1 fully saturated rings. The Hall–Kier alpha value is -2.27. The lowest BCUT2D eigenvalue weighted by molar-refractivity contribution is 0.482. The number of rotatable bonds is 2. The van der Waals surface area contributed by atoms with Crippen LogP contribution in [0.5, 0.6) is 0 Å². The second-order valence-corrected chi connectivity index (χ2v) is 4.98. The van der Waals surface area contributed by atoms with Gasteiger partial charge in [0.15, 0.2) is 11.5 Å². The number of hydrogen-bond acceptors (Lipinski definition) is 4. The van der Waals surface area contributed by atoms with E-state index in [0.717, 1.165) is 35.6 Å². The zero-order valence-electron chi connectivity index (χ0n) is 11.0. The van der Waals surface area contributed by atoms with Crippen LogP contribution in [-0.4, -0.2) is 26.1 Å². The van der Waals surface area contributed by atoms with Crippen molar-refractivity contribution < 1.29 is 0 Å². The summed E-state index contributed by atoms with van der Waals surface area (Å²) < 4.78 is 2.19. The fourth-order valence-electron chi connectivity index (χ4n) is 2.79. The van der Waals surface area contributed by atoms with Gasteiger partial charge in [-0.1, -0.05) is 6.07 Å². The summed E-state index contributed by atoms with van der Waals surface area (Å²) in [6, 6.07) is 9.82. The molecule has 1 aliphatic heterocycles. The van der Waals surface area contributed by atoms with Crippen molar-refractivity contribution in [2.75, 3.05) is 6.54 Å². The summed E-state index contributed by atoms with van der Waals surface area (Å²) in [6.07, 6.45) is 6.15. The van der Waals surface area contributed by atoms with Crippen LogP contribution in [0.1, 0.15) is 19.0 Å². The fraction of sp³-hybridized carbons (Fsp3) is 0.267. The van der Waals surface area contributed by atoms with Gasteiger partial charge < -0.3 is 0 Å². The van der Waals surface area contributed by atoms with E-state index in [9.17, 15) is 0 Å². The molecule has 3 aromatic heterocycles. The largest absolute Gasteiger partial charge is 0.297 e. The van der Waals surface area contributed by atoms with Crippen molar-refractivity contribution in [3.63, 3.8) is 0 Å². The average Bonchev–Trinajstić information content (AvgIpc) is 3.14. The lowest BCUT2D eigenvalue weighted by Gasteiger charge is -2.15. The molecule has 1 aliphatic rings. The first-order valence-electron chi connectivity index (χ1n) is 6.91. The number of pyridine rings is 2. The van der Waals surface area contributed by atoms with Crippen LogP contribution in [0.15, 0.2) is 42.7 Å². The Balaban J connectivity index is 1.97. The molecule has 4 heterocycles. The van der Waals surface area contributed by atoms with Crippen molar-refractivity contribution in [3.05, 3.63) is 42.7 Å².